The van der Waals surface area contributed by atoms with Crippen molar-refractivity contribution in [2.45, 2.75) is 77.1 Å². The predicted molar refractivity (Wildman–Crippen MR) is 127 cm³/mol. The van der Waals surface area contributed by atoms with E-state index in [4.69, 9.17) is 10.7 Å². The average molecular weight is 440 g/mol. The van der Waals surface area contributed by atoms with Gasteiger partial charge in [0.2, 0.25) is 5.95 Å². The van der Waals surface area contributed by atoms with Crippen LogP contribution in [0.1, 0.15) is 64.0 Å². The zero-order chi connectivity index (χ0) is 22.7. The van der Waals surface area contributed by atoms with Crippen LogP contribution in [0.4, 0.5) is 17.5 Å². The smallest absolute Gasteiger partial charge is 0.227 e. The van der Waals surface area contributed by atoms with Crippen molar-refractivity contribution in [1.29, 1.82) is 0 Å². The lowest BCUT2D eigenvalue weighted by Crippen LogP contribution is -2.31. The Balaban J connectivity index is 1.70. The molecule has 0 saturated heterocycles. The van der Waals surface area contributed by atoms with E-state index >= 15 is 0 Å². The van der Waals surface area contributed by atoms with Gasteiger partial charge in [-0.25, -0.2) is 4.98 Å². The van der Waals surface area contributed by atoms with Crippen LogP contribution in [-0.2, 0) is 6.54 Å². The van der Waals surface area contributed by atoms with Gasteiger partial charge in [-0.1, -0.05) is 26.2 Å². The third kappa shape index (κ3) is 4.72. The highest BCUT2D eigenvalue weighted by Crippen LogP contribution is 2.32. The average Bonchev–Trinajstić information content (AvgIpc) is 3.22. The topological polar surface area (TPSA) is 134 Å². The number of fused-ring (bicyclic) bond motifs is 1. The lowest BCUT2D eigenvalue weighted by molar-refractivity contribution is 0.169. The summed E-state index contributed by atoms with van der Waals surface area (Å²) in [5.74, 6) is 1.19. The van der Waals surface area contributed by atoms with Crippen molar-refractivity contribution in [3.05, 3.63) is 30.1 Å². The minimum Gasteiger partial charge on any atom is -0.508 e. The number of nitrogens with two attached hydrogens (primary N) is 1. The summed E-state index contributed by atoms with van der Waals surface area (Å²) in [7, 11) is 0. The van der Waals surface area contributed by atoms with Crippen molar-refractivity contribution >= 4 is 28.6 Å². The van der Waals surface area contributed by atoms with Gasteiger partial charge in [0.1, 0.15) is 5.75 Å². The van der Waals surface area contributed by atoms with Gasteiger partial charge in [0.15, 0.2) is 17.0 Å². The van der Waals surface area contributed by atoms with Crippen molar-refractivity contribution in [1.82, 2.24) is 19.5 Å². The van der Waals surface area contributed by atoms with E-state index in [-0.39, 0.29) is 11.8 Å². The van der Waals surface area contributed by atoms with Crippen molar-refractivity contribution in [3.8, 4) is 5.75 Å². The summed E-state index contributed by atoms with van der Waals surface area (Å²) < 4.78 is 2.16. The summed E-state index contributed by atoms with van der Waals surface area (Å²) >= 11 is 0. The number of hydrogen-bond donors (Lipinski definition) is 5. The molecule has 1 aliphatic rings. The number of phenolic OH excluding ortho intramolecular Hbond substituents is 1. The molecule has 9 nitrogen and oxygen atoms in total. The van der Waals surface area contributed by atoms with Gasteiger partial charge < -0.3 is 31.1 Å². The summed E-state index contributed by atoms with van der Waals surface area (Å²) in [5.41, 5.74) is 8.60. The number of nitrogen functional groups attached to an aromatic ring is 1. The highest BCUT2D eigenvalue weighted by Gasteiger charge is 2.22. The number of hydrogen-bond acceptors (Lipinski definition) is 8. The van der Waals surface area contributed by atoms with Crippen LogP contribution in [0.2, 0.25) is 0 Å². The predicted octanol–water partition coefficient (Wildman–Crippen LogP) is 3.80. The molecular weight excluding hydrogens is 406 g/mol. The number of anilines is 3. The van der Waals surface area contributed by atoms with E-state index < -0.39 is 6.10 Å². The van der Waals surface area contributed by atoms with Crippen molar-refractivity contribution in [3.63, 3.8) is 0 Å². The Kier molecular flexibility index (Phi) is 6.64. The lowest BCUT2D eigenvalue weighted by Gasteiger charge is -2.24. The number of nitrogens with one attached hydrogen (secondary N) is 2. The Bertz CT molecular complexity index is 1060. The molecule has 9 heteroatoms. The maximum absolute atomic E-state index is 10.2. The second-order valence-corrected chi connectivity index (χ2v) is 8.65. The first kappa shape index (κ1) is 22.1. The maximum atomic E-state index is 10.2. The fraction of sp³-hybridized carbons (Fsp3) is 0.522. The molecule has 0 radical (unpaired) electrons. The van der Waals surface area contributed by atoms with Gasteiger partial charge in [-0.3, -0.25) is 0 Å². The highest BCUT2D eigenvalue weighted by molar-refractivity contribution is 5.84. The summed E-state index contributed by atoms with van der Waals surface area (Å²) in [6.45, 7) is 4.11. The summed E-state index contributed by atoms with van der Waals surface area (Å²) in [5, 5.41) is 26.9. The Morgan fingerprint density at radius 1 is 1.22 bits per heavy atom. The standard InChI is InChI=1S/C23H33N7O2/c1-3-18(14(2)31)27-23-28-21(25-12-15-11-16(24)9-10-19(15)32)20-22(29-23)30(13-26-20)17-7-5-4-6-8-17/h9-11,13-14,17-18,31-32H,3-8,12,24H2,1-2H3,(H2,25,27,28,29). The minimum atomic E-state index is -0.539. The van der Waals surface area contributed by atoms with Crippen molar-refractivity contribution < 1.29 is 10.2 Å². The van der Waals surface area contributed by atoms with E-state index in [1.54, 1.807) is 25.1 Å². The fourth-order valence-electron chi connectivity index (χ4n) is 4.39. The lowest BCUT2D eigenvalue weighted by atomic mass is 9.95. The molecular formula is C23H33N7O2. The molecule has 2 aromatic heterocycles. The number of imidazole rings is 1. The van der Waals surface area contributed by atoms with Crippen LogP contribution in [0.3, 0.4) is 0 Å². The number of aliphatic hydroxyl groups excluding tert-OH is 1. The van der Waals surface area contributed by atoms with Gasteiger partial charge in [-0.15, -0.1) is 0 Å². The largest absolute Gasteiger partial charge is 0.508 e. The molecule has 6 N–H and O–H groups in total. The van der Waals surface area contributed by atoms with Gasteiger partial charge >= 0.3 is 0 Å². The maximum Gasteiger partial charge on any atom is 0.227 e. The number of aliphatic hydroxyl groups is 1. The van der Waals surface area contributed by atoms with E-state index in [1.165, 1.54) is 19.3 Å². The molecule has 0 aliphatic heterocycles. The van der Waals surface area contributed by atoms with Crippen LogP contribution in [0.25, 0.3) is 11.2 Å². The summed E-state index contributed by atoms with van der Waals surface area (Å²) in [6, 6.07) is 5.20. The molecule has 0 spiro atoms. The monoisotopic (exact) mass is 439 g/mol. The van der Waals surface area contributed by atoms with Gasteiger partial charge in [-0.2, -0.15) is 9.97 Å². The van der Waals surface area contributed by atoms with Gasteiger partial charge in [0.25, 0.3) is 0 Å². The molecule has 1 saturated carbocycles. The van der Waals surface area contributed by atoms with E-state index in [2.05, 4.69) is 25.2 Å². The van der Waals surface area contributed by atoms with Gasteiger partial charge in [0.05, 0.1) is 18.5 Å². The van der Waals surface area contributed by atoms with Gasteiger partial charge in [0, 0.05) is 23.8 Å². The molecule has 172 valence electrons. The molecule has 2 unspecified atom stereocenters. The molecule has 2 atom stereocenters. The van der Waals surface area contributed by atoms with Gasteiger partial charge in [-0.05, 0) is 44.4 Å². The van der Waals surface area contributed by atoms with E-state index in [0.29, 0.717) is 41.1 Å². The second-order valence-electron chi connectivity index (χ2n) is 8.65. The van der Waals surface area contributed by atoms with Crippen LogP contribution < -0.4 is 16.4 Å². The number of nitrogens with zero attached hydrogens (tertiary/aromatic N) is 4. The first-order valence-corrected chi connectivity index (χ1v) is 11.5. The third-order valence-electron chi connectivity index (χ3n) is 6.28. The van der Waals surface area contributed by atoms with E-state index in [1.807, 2.05) is 13.3 Å². The minimum absolute atomic E-state index is 0.163. The van der Waals surface area contributed by atoms with Crippen LogP contribution in [-0.4, -0.2) is 41.9 Å². The number of rotatable bonds is 8. The number of phenols is 1. The molecule has 2 heterocycles. The van der Waals surface area contributed by atoms with Crippen LogP contribution in [0.15, 0.2) is 24.5 Å². The zero-order valence-corrected chi connectivity index (χ0v) is 18.8. The van der Waals surface area contributed by atoms with Crippen LogP contribution in [0, 0.1) is 0 Å². The van der Waals surface area contributed by atoms with Crippen molar-refractivity contribution in [2.24, 2.45) is 0 Å². The fourth-order valence-corrected chi connectivity index (χ4v) is 4.39. The normalized spacial score (nSPS) is 16.7. The van der Waals surface area contributed by atoms with Crippen LogP contribution in [0.5, 0.6) is 5.75 Å². The Morgan fingerprint density at radius 2 is 2.00 bits per heavy atom. The quantitative estimate of drug-likeness (QED) is 0.264. The Morgan fingerprint density at radius 3 is 2.72 bits per heavy atom. The first-order chi connectivity index (χ1) is 15.5. The number of aromatic nitrogens is 4. The zero-order valence-electron chi connectivity index (χ0n) is 18.8. The molecule has 1 fully saturated rings. The Hall–Kier alpha value is -3.07. The summed E-state index contributed by atoms with van der Waals surface area (Å²) in [4.78, 5) is 14.1. The van der Waals surface area contributed by atoms with Crippen LogP contribution >= 0.6 is 0 Å². The van der Waals surface area contributed by atoms with E-state index in [9.17, 15) is 10.2 Å². The second kappa shape index (κ2) is 9.60. The molecule has 4 rings (SSSR count). The molecule has 0 bridgehead atoms. The highest BCUT2D eigenvalue weighted by atomic mass is 16.3. The number of benzene rings is 1. The third-order valence-corrected chi connectivity index (χ3v) is 6.28. The Labute approximate surface area is 188 Å². The SMILES string of the molecule is CCC(Nc1nc(NCc2cc(N)ccc2O)c2ncn(C3CCCCC3)c2n1)C(C)O. The molecule has 1 aromatic carbocycles. The molecule has 0 amide bonds. The molecule has 1 aliphatic carbocycles. The number of aromatic hydroxyl groups is 1. The molecule has 3 aromatic rings. The summed E-state index contributed by atoms with van der Waals surface area (Å²) in [6.07, 6.45) is 7.97. The van der Waals surface area contributed by atoms with E-state index in [0.717, 1.165) is 24.9 Å². The van der Waals surface area contributed by atoms with Crippen molar-refractivity contribution in [2.75, 3.05) is 16.4 Å². The molecule has 32 heavy (non-hydrogen) atoms. The first-order valence-electron chi connectivity index (χ1n) is 11.5.